The van der Waals surface area contributed by atoms with E-state index < -0.39 is 0 Å². The predicted octanol–water partition coefficient (Wildman–Crippen LogP) is 3.41. The number of hydrogen-bond acceptors (Lipinski definition) is 4. The average Bonchev–Trinajstić information content (AvgIpc) is 2.99. The van der Waals surface area contributed by atoms with Crippen LogP contribution in [0.25, 0.3) is 0 Å². The van der Waals surface area contributed by atoms with Crippen LogP contribution in [0.2, 0.25) is 0 Å². The molecule has 2 aromatic rings. The van der Waals surface area contributed by atoms with Crippen LogP contribution in [-0.4, -0.2) is 20.1 Å². The molecule has 110 valence electrons. The Bertz CT molecular complexity index is 613. The van der Waals surface area contributed by atoms with Gasteiger partial charge in [-0.3, -0.25) is 0 Å². The molecule has 0 aliphatic rings. The number of nitrogens with zero attached hydrogens (tertiary/aromatic N) is 2. The molecule has 1 unspecified atom stereocenters. The summed E-state index contributed by atoms with van der Waals surface area (Å²) in [6, 6.07) is 13.0. The van der Waals surface area contributed by atoms with Crippen LogP contribution in [0.5, 0.6) is 0 Å². The highest BCUT2D eigenvalue weighted by Crippen LogP contribution is 2.24. The molecule has 0 aliphatic heterocycles. The molecule has 21 heavy (non-hydrogen) atoms. The van der Waals surface area contributed by atoms with Crippen LogP contribution >= 0.6 is 11.3 Å². The van der Waals surface area contributed by atoms with Gasteiger partial charge < -0.3 is 10.2 Å². The van der Waals surface area contributed by atoms with E-state index in [0.29, 0.717) is 6.04 Å². The topological polar surface area (TPSA) is 39.1 Å². The highest BCUT2D eigenvalue weighted by atomic mass is 32.1. The molecule has 1 aromatic heterocycles. The van der Waals surface area contributed by atoms with Crippen LogP contribution in [0.4, 0.5) is 5.69 Å². The Morgan fingerprint density at radius 1 is 1.38 bits per heavy atom. The SMILES string of the molecule is CNCc1ccc(N(C)C(C)Cc2cccs2)c(C#N)c1. The van der Waals surface area contributed by atoms with Gasteiger partial charge in [-0.05, 0) is 43.1 Å². The Labute approximate surface area is 130 Å². The molecule has 0 fully saturated rings. The van der Waals surface area contributed by atoms with E-state index in [2.05, 4.69) is 59.9 Å². The summed E-state index contributed by atoms with van der Waals surface area (Å²) in [5, 5.41) is 14.6. The molecule has 1 atom stereocenters. The predicted molar refractivity (Wildman–Crippen MR) is 89.8 cm³/mol. The van der Waals surface area contributed by atoms with E-state index in [4.69, 9.17) is 0 Å². The summed E-state index contributed by atoms with van der Waals surface area (Å²) in [7, 11) is 3.97. The van der Waals surface area contributed by atoms with Crippen molar-refractivity contribution in [1.82, 2.24) is 5.32 Å². The van der Waals surface area contributed by atoms with E-state index in [0.717, 1.165) is 29.8 Å². The highest BCUT2D eigenvalue weighted by Gasteiger charge is 2.15. The maximum Gasteiger partial charge on any atom is 0.101 e. The van der Waals surface area contributed by atoms with Crippen molar-refractivity contribution in [3.05, 3.63) is 51.7 Å². The quantitative estimate of drug-likeness (QED) is 0.888. The van der Waals surface area contributed by atoms with Crippen molar-refractivity contribution in [1.29, 1.82) is 5.26 Å². The van der Waals surface area contributed by atoms with Gasteiger partial charge in [-0.25, -0.2) is 0 Å². The van der Waals surface area contributed by atoms with Gasteiger partial charge in [0.15, 0.2) is 0 Å². The molecule has 0 radical (unpaired) electrons. The summed E-state index contributed by atoms with van der Waals surface area (Å²) in [6.07, 6.45) is 0.997. The lowest BCUT2D eigenvalue weighted by atomic mass is 10.1. The number of anilines is 1. The number of nitrogens with one attached hydrogen (secondary N) is 1. The van der Waals surface area contributed by atoms with Gasteiger partial charge >= 0.3 is 0 Å². The lowest BCUT2D eigenvalue weighted by Gasteiger charge is -2.28. The molecule has 0 saturated heterocycles. The fraction of sp³-hybridized carbons (Fsp3) is 0.353. The largest absolute Gasteiger partial charge is 0.370 e. The van der Waals surface area contributed by atoms with Crippen LogP contribution in [0.15, 0.2) is 35.7 Å². The van der Waals surface area contributed by atoms with Gasteiger partial charge in [-0.15, -0.1) is 11.3 Å². The van der Waals surface area contributed by atoms with Gasteiger partial charge in [0.25, 0.3) is 0 Å². The third-order valence-electron chi connectivity index (χ3n) is 3.68. The Morgan fingerprint density at radius 3 is 2.81 bits per heavy atom. The summed E-state index contributed by atoms with van der Waals surface area (Å²) in [5.41, 5.74) is 2.88. The molecule has 3 nitrogen and oxygen atoms in total. The van der Waals surface area contributed by atoms with Crippen LogP contribution in [0, 0.1) is 11.3 Å². The summed E-state index contributed by atoms with van der Waals surface area (Å²) in [5.74, 6) is 0. The van der Waals surface area contributed by atoms with Crippen molar-refractivity contribution >= 4 is 17.0 Å². The Morgan fingerprint density at radius 2 is 2.19 bits per heavy atom. The molecule has 4 heteroatoms. The normalized spacial score (nSPS) is 11.9. The molecule has 0 aliphatic carbocycles. The van der Waals surface area contributed by atoms with Crippen LogP contribution in [0.1, 0.15) is 22.9 Å². The lowest BCUT2D eigenvalue weighted by Crippen LogP contribution is -2.31. The van der Waals surface area contributed by atoms with Gasteiger partial charge in [-0.2, -0.15) is 5.26 Å². The van der Waals surface area contributed by atoms with E-state index in [-0.39, 0.29) is 0 Å². The van der Waals surface area contributed by atoms with Gasteiger partial charge in [0.1, 0.15) is 6.07 Å². The molecule has 0 bridgehead atoms. The Kier molecular flexibility index (Phi) is 5.38. The molecular weight excluding hydrogens is 278 g/mol. The van der Waals surface area contributed by atoms with Gasteiger partial charge in [0.2, 0.25) is 0 Å². The van der Waals surface area contributed by atoms with Gasteiger partial charge in [-0.1, -0.05) is 12.1 Å². The number of benzene rings is 1. The van der Waals surface area contributed by atoms with Crippen molar-refractivity contribution in [3.63, 3.8) is 0 Å². The zero-order valence-electron chi connectivity index (χ0n) is 12.8. The maximum absolute atomic E-state index is 9.40. The second-order valence-corrected chi connectivity index (χ2v) is 6.27. The number of rotatable bonds is 6. The Hall–Kier alpha value is -1.83. The van der Waals surface area contributed by atoms with E-state index in [1.54, 1.807) is 11.3 Å². The average molecular weight is 299 g/mol. The van der Waals surface area contributed by atoms with Crippen molar-refractivity contribution in [2.75, 3.05) is 19.0 Å². The van der Waals surface area contributed by atoms with Crippen LogP contribution in [0.3, 0.4) is 0 Å². The van der Waals surface area contributed by atoms with Gasteiger partial charge in [0, 0.05) is 30.9 Å². The third-order valence-corrected chi connectivity index (χ3v) is 4.58. The molecule has 0 saturated carbocycles. The zero-order valence-corrected chi connectivity index (χ0v) is 13.6. The summed E-state index contributed by atoms with van der Waals surface area (Å²) >= 11 is 1.78. The van der Waals surface area contributed by atoms with E-state index in [1.807, 2.05) is 13.1 Å². The lowest BCUT2D eigenvalue weighted by molar-refractivity contribution is 0.687. The van der Waals surface area contributed by atoms with Crippen molar-refractivity contribution in [3.8, 4) is 6.07 Å². The fourth-order valence-corrected chi connectivity index (χ4v) is 3.22. The Balaban J connectivity index is 2.18. The molecule has 0 spiro atoms. The molecule has 1 N–H and O–H groups in total. The maximum atomic E-state index is 9.40. The number of likely N-dealkylation sites (N-methyl/N-ethyl adjacent to an activating group) is 1. The first-order valence-electron chi connectivity index (χ1n) is 7.08. The number of thiophene rings is 1. The minimum Gasteiger partial charge on any atom is -0.370 e. The van der Waals surface area contributed by atoms with E-state index >= 15 is 0 Å². The first-order valence-corrected chi connectivity index (χ1v) is 7.96. The van der Waals surface area contributed by atoms with Crippen molar-refractivity contribution in [2.24, 2.45) is 0 Å². The molecular formula is C17H21N3S. The van der Waals surface area contributed by atoms with Crippen LogP contribution < -0.4 is 10.2 Å². The number of nitriles is 1. The molecule has 2 rings (SSSR count). The smallest absolute Gasteiger partial charge is 0.101 e. The monoisotopic (exact) mass is 299 g/mol. The van der Waals surface area contributed by atoms with E-state index in [9.17, 15) is 5.26 Å². The third kappa shape index (κ3) is 3.84. The standard InChI is InChI=1S/C17H21N3S/c1-13(9-16-5-4-8-21-16)20(3)17-7-6-14(12-19-2)10-15(17)11-18/h4-8,10,13,19H,9,12H2,1-3H3. The minimum absolute atomic E-state index is 0.353. The zero-order chi connectivity index (χ0) is 15.2. The molecule has 1 heterocycles. The second-order valence-electron chi connectivity index (χ2n) is 5.24. The molecule has 1 aromatic carbocycles. The second kappa shape index (κ2) is 7.26. The van der Waals surface area contributed by atoms with Crippen LogP contribution in [-0.2, 0) is 13.0 Å². The van der Waals surface area contributed by atoms with Gasteiger partial charge in [0.05, 0.1) is 11.3 Å². The summed E-state index contributed by atoms with van der Waals surface area (Å²) in [6.45, 7) is 2.98. The van der Waals surface area contributed by atoms with Crippen molar-refractivity contribution < 1.29 is 0 Å². The number of hydrogen-bond donors (Lipinski definition) is 1. The fourth-order valence-electron chi connectivity index (χ4n) is 2.39. The minimum atomic E-state index is 0.353. The summed E-state index contributed by atoms with van der Waals surface area (Å²) < 4.78 is 0. The highest BCUT2D eigenvalue weighted by molar-refractivity contribution is 7.09. The molecule has 0 amide bonds. The first-order chi connectivity index (χ1) is 10.2. The first kappa shape index (κ1) is 15.6. The van der Waals surface area contributed by atoms with E-state index in [1.165, 1.54) is 4.88 Å². The van der Waals surface area contributed by atoms with Crippen molar-refractivity contribution in [2.45, 2.75) is 25.9 Å². The summed E-state index contributed by atoms with van der Waals surface area (Å²) in [4.78, 5) is 3.57.